The lowest BCUT2D eigenvalue weighted by molar-refractivity contribution is -0.0383. The Labute approximate surface area is 208 Å². The Morgan fingerprint density at radius 2 is 2.00 bits per heavy atom. The summed E-state index contributed by atoms with van der Waals surface area (Å²) < 4.78 is 13.8. The molecule has 0 aliphatic carbocycles. The normalized spacial score (nSPS) is 21.5. The van der Waals surface area contributed by atoms with Crippen molar-refractivity contribution in [3.8, 4) is 11.4 Å². The zero-order valence-electron chi connectivity index (χ0n) is 21.7. The van der Waals surface area contributed by atoms with E-state index in [9.17, 15) is 0 Å². The number of ether oxygens (including phenoxy) is 2. The van der Waals surface area contributed by atoms with Crippen molar-refractivity contribution in [1.29, 1.82) is 0 Å². The Balaban J connectivity index is 1.67. The minimum absolute atomic E-state index is 0.0590. The molecule has 0 bridgehead atoms. The molecular weight excluding hydrogens is 440 g/mol. The van der Waals surface area contributed by atoms with Crippen molar-refractivity contribution in [2.45, 2.75) is 59.2 Å². The number of hydrogen-bond acceptors (Lipinski definition) is 7. The van der Waals surface area contributed by atoms with Crippen LogP contribution in [0.2, 0.25) is 0 Å². The summed E-state index contributed by atoms with van der Waals surface area (Å²) in [5.41, 5.74) is 4.03. The van der Waals surface area contributed by atoms with Crippen LogP contribution in [0.4, 0.5) is 11.5 Å². The van der Waals surface area contributed by atoms with Gasteiger partial charge in [0.2, 0.25) is 0 Å². The second kappa shape index (κ2) is 9.74. The summed E-state index contributed by atoms with van der Waals surface area (Å²) >= 11 is 0. The molecule has 35 heavy (non-hydrogen) atoms. The zero-order chi connectivity index (χ0) is 24.6. The Bertz CT molecular complexity index is 1160. The molecule has 0 aromatic carbocycles. The van der Waals surface area contributed by atoms with E-state index in [1.54, 1.807) is 0 Å². The molecule has 8 nitrogen and oxygen atoms in total. The fourth-order valence-electron chi connectivity index (χ4n) is 5.28. The van der Waals surface area contributed by atoms with Gasteiger partial charge in [-0.15, -0.1) is 0 Å². The SMILES string of the molecule is C[C@@H]1COCCN1c1cc(N(C)CC(C)(C)C)c2ccnc(-c3ccnn3C3CCCCO3)c2n1. The molecule has 5 heterocycles. The van der Waals surface area contributed by atoms with E-state index in [0.29, 0.717) is 13.2 Å². The quantitative estimate of drug-likeness (QED) is 0.517. The highest BCUT2D eigenvalue weighted by Crippen LogP contribution is 2.37. The third kappa shape index (κ3) is 5.00. The molecule has 2 aliphatic rings. The van der Waals surface area contributed by atoms with Gasteiger partial charge >= 0.3 is 0 Å². The fourth-order valence-corrected chi connectivity index (χ4v) is 5.28. The van der Waals surface area contributed by atoms with Gasteiger partial charge in [0.15, 0.2) is 6.23 Å². The van der Waals surface area contributed by atoms with Gasteiger partial charge in [-0.1, -0.05) is 20.8 Å². The van der Waals surface area contributed by atoms with Crippen LogP contribution in [0.15, 0.2) is 30.6 Å². The maximum absolute atomic E-state index is 6.07. The molecule has 0 spiro atoms. The van der Waals surface area contributed by atoms with E-state index in [2.05, 4.69) is 61.8 Å². The number of morpholine rings is 1. The summed E-state index contributed by atoms with van der Waals surface area (Å²) in [5, 5.41) is 5.74. The maximum atomic E-state index is 6.07. The lowest BCUT2D eigenvalue weighted by atomic mass is 9.96. The molecule has 2 fully saturated rings. The predicted molar refractivity (Wildman–Crippen MR) is 140 cm³/mol. The summed E-state index contributed by atoms with van der Waals surface area (Å²) in [6, 6.07) is 6.62. The van der Waals surface area contributed by atoms with Gasteiger partial charge in [-0.05, 0) is 43.7 Å². The molecule has 0 radical (unpaired) electrons. The molecule has 1 unspecified atom stereocenters. The third-order valence-corrected chi connectivity index (χ3v) is 6.82. The summed E-state index contributed by atoms with van der Waals surface area (Å²) in [4.78, 5) is 14.8. The van der Waals surface area contributed by atoms with Crippen molar-refractivity contribution < 1.29 is 9.47 Å². The van der Waals surface area contributed by atoms with Crippen LogP contribution in [-0.4, -0.2) is 65.7 Å². The summed E-state index contributed by atoms with van der Waals surface area (Å²) in [6.07, 6.45) is 6.88. The van der Waals surface area contributed by atoms with Gasteiger partial charge in [-0.25, -0.2) is 9.67 Å². The first kappa shape index (κ1) is 24.0. The predicted octanol–water partition coefficient (Wildman–Crippen LogP) is 4.90. The zero-order valence-corrected chi connectivity index (χ0v) is 21.7. The Morgan fingerprint density at radius 1 is 1.14 bits per heavy atom. The van der Waals surface area contributed by atoms with Gasteiger partial charge in [-0.3, -0.25) is 4.98 Å². The van der Waals surface area contributed by atoms with Crippen molar-refractivity contribution >= 4 is 22.4 Å². The molecule has 0 saturated carbocycles. The molecule has 3 aromatic heterocycles. The molecular formula is C27H38N6O2. The topological polar surface area (TPSA) is 68.5 Å². The Kier molecular flexibility index (Phi) is 6.68. The molecule has 2 aliphatic heterocycles. The Morgan fingerprint density at radius 3 is 2.74 bits per heavy atom. The van der Waals surface area contributed by atoms with Crippen molar-refractivity contribution in [2.75, 3.05) is 49.8 Å². The minimum Gasteiger partial charge on any atom is -0.377 e. The first-order valence-electron chi connectivity index (χ1n) is 12.8. The van der Waals surface area contributed by atoms with E-state index < -0.39 is 0 Å². The van der Waals surface area contributed by atoms with Gasteiger partial charge < -0.3 is 19.3 Å². The number of nitrogens with zero attached hydrogens (tertiary/aromatic N) is 6. The van der Waals surface area contributed by atoms with Crippen LogP contribution in [0.1, 0.15) is 53.2 Å². The van der Waals surface area contributed by atoms with Gasteiger partial charge in [-0.2, -0.15) is 5.10 Å². The highest BCUT2D eigenvalue weighted by Gasteiger charge is 2.26. The summed E-state index contributed by atoms with van der Waals surface area (Å²) in [7, 11) is 2.17. The first-order valence-corrected chi connectivity index (χ1v) is 12.8. The van der Waals surface area contributed by atoms with Crippen molar-refractivity contribution in [1.82, 2.24) is 19.7 Å². The van der Waals surface area contributed by atoms with Gasteiger partial charge in [0.25, 0.3) is 0 Å². The van der Waals surface area contributed by atoms with Crippen LogP contribution in [0.25, 0.3) is 22.3 Å². The van der Waals surface area contributed by atoms with E-state index in [4.69, 9.17) is 19.4 Å². The molecule has 3 aromatic rings. The second-order valence-electron chi connectivity index (χ2n) is 11.1. The van der Waals surface area contributed by atoms with E-state index in [1.165, 1.54) is 5.69 Å². The first-order chi connectivity index (χ1) is 16.8. The highest BCUT2D eigenvalue weighted by atomic mass is 16.5. The molecule has 188 valence electrons. The molecule has 0 amide bonds. The number of fused-ring (bicyclic) bond motifs is 1. The van der Waals surface area contributed by atoms with Crippen molar-refractivity contribution in [3.05, 3.63) is 30.6 Å². The number of anilines is 2. The van der Waals surface area contributed by atoms with Crippen LogP contribution in [0.3, 0.4) is 0 Å². The van der Waals surface area contributed by atoms with Gasteiger partial charge in [0.05, 0.1) is 24.9 Å². The molecule has 8 heteroatoms. The van der Waals surface area contributed by atoms with Crippen molar-refractivity contribution in [2.24, 2.45) is 5.41 Å². The Hall–Kier alpha value is -2.71. The number of aromatic nitrogens is 4. The molecule has 0 N–H and O–H groups in total. The lowest BCUT2D eigenvalue weighted by Crippen LogP contribution is -2.44. The molecule has 2 atom stereocenters. The fraction of sp³-hybridized carbons (Fsp3) is 0.593. The smallest absolute Gasteiger partial charge is 0.150 e. The van der Waals surface area contributed by atoms with Gasteiger partial charge in [0, 0.05) is 56.3 Å². The van der Waals surface area contributed by atoms with E-state index in [0.717, 1.165) is 67.1 Å². The second-order valence-corrected chi connectivity index (χ2v) is 11.1. The minimum atomic E-state index is -0.0590. The molecule has 5 rings (SSSR count). The average Bonchev–Trinajstić information content (AvgIpc) is 3.32. The standard InChI is InChI=1S/C27H38N6O2/c1-19-17-34-15-13-32(19)23-16-22(31(5)18-27(2,3)4)20-9-11-28-26(25(20)30-23)21-10-12-29-33(21)24-8-6-7-14-35-24/h9-12,16,19,24H,6-8,13-15,17-18H2,1-5H3/t19-,24?/m1/s1. The van der Waals surface area contributed by atoms with Crippen LogP contribution < -0.4 is 9.80 Å². The van der Waals surface area contributed by atoms with Crippen LogP contribution >= 0.6 is 0 Å². The van der Waals surface area contributed by atoms with Crippen LogP contribution in [0, 0.1) is 5.41 Å². The largest absolute Gasteiger partial charge is 0.377 e. The highest BCUT2D eigenvalue weighted by molar-refractivity contribution is 6.00. The van der Waals surface area contributed by atoms with Crippen molar-refractivity contribution in [3.63, 3.8) is 0 Å². The van der Waals surface area contributed by atoms with E-state index >= 15 is 0 Å². The summed E-state index contributed by atoms with van der Waals surface area (Å²) in [6.45, 7) is 13.0. The molecule has 2 saturated heterocycles. The maximum Gasteiger partial charge on any atom is 0.150 e. The number of hydrogen-bond donors (Lipinski definition) is 0. The number of rotatable bonds is 5. The average molecular weight is 479 g/mol. The van der Waals surface area contributed by atoms with Crippen LogP contribution in [0.5, 0.6) is 0 Å². The third-order valence-electron chi connectivity index (χ3n) is 6.82. The van der Waals surface area contributed by atoms with E-state index in [-0.39, 0.29) is 17.7 Å². The van der Waals surface area contributed by atoms with E-state index in [1.807, 2.05) is 23.1 Å². The number of pyridine rings is 2. The van der Waals surface area contributed by atoms with Gasteiger partial charge in [0.1, 0.15) is 17.0 Å². The monoisotopic (exact) mass is 478 g/mol. The van der Waals surface area contributed by atoms with Crippen LogP contribution in [-0.2, 0) is 9.47 Å². The summed E-state index contributed by atoms with van der Waals surface area (Å²) in [5.74, 6) is 0.971. The lowest BCUT2D eigenvalue weighted by Gasteiger charge is -2.36.